The van der Waals surface area contributed by atoms with Gasteiger partial charge < -0.3 is 16.0 Å². The predicted octanol–water partition coefficient (Wildman–Crippen LogP) is 2.92. The van der Waals surface area contributed by atoms with E-state index < -0.39 is 0 Å². The molecule has 2 atom stereocenters. The average Bonchev–Trinajstić information content (AvgIpc) is 3.08. The molecule has 2 saturated carbocycles. The first-order chi connectivity index (χ1) is 12.1. The summed E-state index contributed by atoms with van der Waals surface area (Å²) in [5, 5.41) is 9.89. The highest BCUT2D eigenvalue weighted by molar-refractivity contribution is 5.85. The van der Waals surface area contributed by atoms with Crippen molar-refractivity contribution in [3.05, 3.63) is 0 Å². The lowest BCUT2D eigenvalue weighted by Gasteiger charge is -2.32. The van der Waals surface area contributed by atoms with Crippen LogP contribution in [0.3, 0.4) is 0 Å². The van der Waals surface area contributed by atoms with E-state index >= 15 is 0 Å². The van der Waals surface area contributed by atoms with Gasteiger partial charge in [-0.25, -0.2) is 0 Å². The van der Waals surface area contributed by atoms with Gasteiger partial charge in [0.2, 0.25) is 11.8 Å². The highest BCUT2D eigenvalue weighted by Gasteiger charge is 2.29. The van der Waals surface area contributed by atoms with Gasteiger partial charge in [0, 0.05) is 30.5 Å². The van der Waals surface area contributed by atoms with Crippen molar-refractivity contribution < 1.29 is 9.59 Å². The number of carbonyl (C=O) groups is 2. The minimum absolute atomic E-state index is 0. The van der Waals surface area contributed by atoms with Crippen molar-refractivity contribution in [2.45, 2.75) is 95.7 Å². The molecule has 6 heteroatoms. The molecular formula is C20H36ClN3O2. The Morgan fingerprint density at radius 3 is 2.27 bits per heavy atom. The van der Waals surface area contributed by atoms with E-state index in [4.69, 9.17) is 0 Å². The standard InChI is InChI=1S/C20H35N3O2.ClH/c1-14-12-18(10-11-21-14)23-20(25)16-6-8-17(9-7-16)22-19(24)13-15-4-2-3-5-15;/h14-18,21H,2-13H2,1H3,(H,22,24)(H,23,25);1H. The molecule has 3 rings (SSSR count). The van der Waals surface area contributed by atoms with Crippen molar-refractivity contribution in [3.63, 3.8) is 0 Å². The highest BCUT2D eigenvalue weighted by Crippen LogP contribution is 2.28. The summed E-state index contributed by atoms with van der Waals surface area (Å²) < 4.78 is 0. The van der Waals surface area contributed by atoms with Crippen LogP contribution < -0.4 is 16.0 Å². The Labute approximate surface area is 164 Å². The molecule has 0 aromatic carbocycles. The third-order valence-corrected chi connectivity index (χ3v) is 6.38. The lowest BCUT2D eigenvalue weighted by molar-refractivity contribution is -0.127. The second-order valence-electron chi connectivity index (χ2n) is 8.56. The molecule has 1 aliphatic heterocycles. The van der Waals surface area contributed by atoms with Gasteiger partial charge in [-0.1, -0.05) is 12.8 Å². The SMILES string of the molecule is CC1CC(NC(=O)C2CCC(NC(=O)CC3CCCC3)CC2)CCN1.Cl. The topological polar surface area (TPSA) is 70.2 Å². The van der Waals surface area contributed by atoms with Crippen LogP contribution in [0.1, 0.15) is 77.6 Å². The van der Waals surface area contributed by atoms with Crippen LogP contribution in [0.15, 0.2) is 0 Å². The summed E-state index contributed by atoms with van der Waals surface area (Å²) in [6, 6.07) is 1.09. The van der Waals surface area contributed by atoms with E-state index in [0.717, 1.165) is 45.1 Å². The number of hydrogen-bond donors (Lipinski definition) is 3. The van der Waals surface area contributed by atoms with Crippen LogP contribution >= 0.6 is 12.4 Å². The largest absolute Gasteiger partial charge is 0.353 e. The number of carbonyl (C=O) groups excluding carboxylic acids is 2. The van der Waals surface area contributed by atoms with Gasteiger partial charge in [-0.3, -0.25) is 9.59 Å². The second kappa shape index (κ2) is 10.5. The molecule has 26 heavy (non-hydrogen) atoms. The maximum absolute atomic E-state index is 12.5. The molecule has 1 saturated heterocycles. The first-order valence-electron chi connectivity index (χ1n) is 10.4. The number of hydrogen-bond acceptors (Lipinski definition) is 3. The van der Waals surface area contributed by atoms with Crippen LogP contribution in [0, 0.1) is 11.8 Å². The lowest BCUT2D eigenvalue weighted by atomic mass is 9.85. The number of halogens is 1. The molecule has 5 nitrogen and oxygen atoms in total. The molecule has 0 radical (unpaired) electrons. The van der Waals surface area contributed by atoms with Crippen LogP contribution in [0.5, 0.6) is 0 Å². The number of nitrogens with one attached hydrogen (secondary N) is 3. The van der Waals surface area contributed by atoms with Crippen LogP contribution in [0.2, 0.25) is 0 Å². The van der Waals surface area contributed by atoms with Gasteiger partial charge in [0.05, 0.1) is 0 Å². The number of amides is 2. The van der Waals surface area contributed by atoms with Gasteiger partial charge >= 0.3 is 0 Å². The molecule has 2 amide bonds. The molecule has 0 aromatic heterocycles. The summed E-state index contributed by atoms with van der Waals surface area (Å²) >= 11 is 0. The molecule has 0 aromatic rings. The zero-order chi connectivity index (χ0) is 17.6. The predicted molar refractivity (Wildman–Crippen MR) is 106 cm³/mol. The quantitative estimate of drug-likeness (QED) is 0.681. The smallest absolute Gasteiger partial charge is 0.223 e. The Balaban J connectivity index is 0.00000243. The maximum Gasteiger partial charge on any atom is 0.223 e. The van der Waals surface area contributed by atoms with E-state index in [1.807, 2.05) is 0 Å². The van der Waals surface area contributed by atoms with Crippen LogP contribution in [0.4, 0.5) is 0 Å². The Morgan fingerprint density at radius 2 is 1.62 bits per heavy atom. The van der Waals surface area contributed by atoms with Crippen molar-refractivity contribution in [2.75, 3.05) is 6.54 Å². The molecule has 3 aliphatic rings. The first-order valence-corrected chi connectivity index (χ1v) is 10.4. The van der Waals surface area contributed by atoms with E-state index in [-0.39, 0.29) is 36.2 Å². The highest BCUT2D eigenvalue weighted by atomic mass is 35.5. The van der Waals surface area contributed by atoms with Crippen molar-refractivity contribution in [2.24, 2.45) is 11.8 Å². The maximum atomic E-state index is 12.5. The van der Waals surface area contributed by atoms with E-state index in [1.54, 1.807) is 0 Å². The molecule has 0 spiro atoms. The Bertz CT molecular complexity index is 460. The van der Waals surface area contributed by atoms with Crippen LogP contribution in [-0.4, -0.2) is 36.5 Å². The Morgan fingerprint density at radius 1 is 0.923 bits per heavy atom. The number of piperidine rings is 1. The fraction of sp³-hybridized carbons (Fsp3) is 0.900. The number of rotatable bonds is 5. The molecular weight excluding hydrogens is 350 g/mol. The third kappa shape index (κ3) is 6.41. The molecule has 1 heterocycles. The summed E-state index contributed by atoms with van der Waals surface area (Å²) in [4.78, 5) is 24.7. The first kappa shape index (κ1) is 21.5. The van der Waals surface area contributed by atoms with Gasteiger partial charge in [0.15, 0.2) is 0 Å². The monoisotopic (exact) mass is 385 g/mol. The zero-order valence-corrected chi connectivity index (χ0v) is 16.9. The van der Waals surface area contributed by atoms with Crippen molar-refractivity contribution >= 4 is 24.2 Å². The van der Waals surface area contributed by atoms with Gasteiger partial charge in [-0.05, 0) is 70.8 Å². The van der Waals surface area contributed by atoms with Gasteiger partial charge in [0.25, 0.3) is 0 Å². The lowest BCUT2D eigenvalue weighted by Crippen LogP contribution is -2.49. The summed E-state index contributed by atoms with van der Waals surface area (Å²) in [5.41, 5.74) is 0. The van der Waals surface area contributed by atoms with E-state index in [2.05, 4.69) is 22.9 Å². The molecule has 2 aliphatic carbocycles. The summed E-state index contributed by atoms with van der Waals surface area (Å²) in [6.45, 7) is 3.17. The zero-order valence-electron chi connectivity index (χ0n) is 16.1. The van der Waals surface area contributed by atoms with E-state index in [1.165, 1.54) is 25.7 Å². The Kier molecular flexibility index (Phi) is 8.68. The molecule has 2 unspecified atom stereocenters. The van der Waals surface area contributed by atoms with Gasteiger partial charge in [-0.15, -0.1) is 12.4 Å². The molecule has 3 fully saturated rings. The minimum Gasteiger partial charge on any atom is -0.353 e. The van der Waals surface area contributed by atoms with Gasteiger partial charge in [0.1, 0.15) is 0 Å². The minimum atomic E-state index is 0. The molecule has 3 N–H and O–H groups in total. The fourth-order valence-electron chi connectivity index (χ4n) is 4.85. The molecule has 150 valence electrons. The second-order valence-corrected chi connectivity index (χ2v) is 8.56. The Hall–Kier alpha value is -0.810. The normalized spacial score (nSPS) is 32.5. The van der Waals surface area contributed by atoms with Crippen molar-refractivity contribution in [1.82, 2.24) is 16.0 Å². The summed E-state index contributed by atoms with van der Waals surface area (Å²) in [6.07, 6.45) is 11.5. The van der Waals surface area contributed by atoms with Crippen LogP contribution in [-0.2, 0) is 9.59 Å². The van der Waals surface area contributed by atoms with E-state index in [9.17, 15) is 9.59 Å². The van der Waals surface area contributed by atoms with E-state index in [0.29, 0.717) is 24.4 Å². The molecule has 0 bridgehead atoms. The third-order valence-electron chi connectivity index (χ3n) is 6.38. The van der Waals surface area contributed by atoms with Crippen molar-refractivity contribution in [1.29, 1.82) is 0 Å². The van der Waals surface area contributed by atoms with Crippen molar-refractivity contribution in [3.8, 4) is 0 Å². The fourth-order valence-corrected chi connectivity index (χ4v) is 4.85. The summed E-state index contributed by atoms with van der Waals surface area (Å²) in [7, 11) is 0. The van der Waals surface area contributed by atoms with Crippen LogP contribution in [0.25, 0.3) is 0 Å². The van der Waals surface area contributed by atoms with Gasteiger partial charge in [-0.2, -0.15) is 0 Å². The summed E-state index contributed by atoms with van der Waals surface area (Å²) in [5.74, 6) is 1.20. The average molecular weight is 386 g/mol.